The van der Waals surface area contributed by atoms with Crippen molar-refractivity contribution in [2.45, 2.75) is 19.6 Å². The van der Waals surface area contributed by atoms with Gasteiger partial charge in [0, 0.05) is 0 Å². The summed E-state index contributed by atoms with van der Waals surface area (Å²) in [6, 6.07) is 21.5. The molecule has 1 nitrogen and oxygen atoms in total. The van der Waals surface area contributed by atoms with Gasteiger partial charge in [0.15, 0.2) is 0 Å². The topological polar surface area (TPSA) is 23.1 Å². The predicted octanol–water partition coefficient (Wildman–Crippen LogP) is 2.66. The van der Waals surface area contributed by atoms with E-state index in [9.17, 15) is 4.80 Å². The fraction of sp³-hybridized carbons (Fsp3) is 0.250. The second-order valence-corrected chi connectivity index (χ2v) is 12.1. The van der Waals surface area contributed by atoms with Gasteiger partial charge in [-0.25, -0.2) is 0 Å². The maximum atomic E-state index is 10.2. The van der Waals surface area contributed by atoms with E-state index < -0.39 is 16.2 Å². The van der Waals surface area contributed by atoms with Crippen LogP contribution in [-0.2, 0) is 22.4 Å². The first-order valence-electron chi connectivity index (χ1n) is 6.53. The third kappa shape index (κ3) is 8.86. The molecule has 0 N–H and O–H groups in total. The molecule has 2 aromatic carbocycles. The van der Waals surface area contributed by atoms with Crippen LogP contribution >= 0.6 is 7.92 Å². The van der Waals surface area contributed by atoms with Crippen molar-refractivity contribution in [3.05, 3.63) is 60.7 Å². The SMILES string of the molecule is C[PH+](c1ccccc1)c1ccccc1.C[Si](C)(C)[O-].[Au+]. The molecule has 2 aromatic rings. The summed E-state index contributed by atoms with van der Waals surface area (Å²) in [5.41, 5.74) is 0. The number of benzene rings is 2. The molecule has 0 aliphatic carbocycles. The Hall–Kier alpha value is -0.213. The number of rotatable bonds is 2. The first kappa shape index (κ1) is 19.8. The van der Waals surface area contributed by atoms with Crippen molar-refractivity contribution in [3.8, 4) is 0 Å². The molecule has 112 valence electrons. The Labute approximate surface area is 140 Å². The zero-order valence-corrected chi connectivity index (χ0v) is 16.6. The monoisotopic (exact) mass is 487 g/mol. The molecule has 0 unspecified atom stereocenters. The normalized spacial score (nSPS) is 10.3. The van der Waals surface area contributed by atoms with E-state index in [0.717, 1.165) is 0 Å². The van der Waals surface area contributed by atoms with E-state index >= 15 is 0 Å². The van der Waals surface area contributed by atoms with Crippen molar-refractivity contribution in [2.24, 2.45) is 0 Å². The molecule has 0 aliphatic rings. The minimum Gasteiger partial charge on any atom is -0.859 e. The van der Waals surface area contributed by atoms with Crippen LogP contribution in [0.4, 0.5) is 0 Å². The van der Waals surface area contributed by atoms with Gasteiger partial charge in [-0.2, -0.15) is 0 Å². The molecule has 2 rings (SSSR count). The predicted molar refractivity (Wildman–Crippen MR) is 89.7 cm³/mol. The third-order valence-electron chi connectivity index (χ3n) is 2.41. The molecule has 0 radical (unpaired) electrons. The van der Waals surface area contributed by atoms with Crippen LogP contribution in [0.2, 0.25) is 19.6 Å². The molecule has 4 heteroatoms. The van der Waals surface area contributed by atoms with Crippen LogP contribution < -0.4 is 15.4 Å². The molecular formula is C16H23AuOPSi+. The summed E-state index contributed by atoms with van der Waals surface area (Å²) in [5.74, 6) is 0. The van der Waals surface area contributed by atoms with Gasteiger partial charge >= 0.3 is 22.4 Å². The summed E-state index contributed by atoms with van der Waals surface area (Å²) in [6.45, 7) is 7.66. The second-order valence-electron chi connectivity index (χ2n) is 5.47. The number of hydrogen-bond donors (Lipinski definition) is 0. The molecule has 0 aromatic heterocycles. The molecular weight excluding hydrogens is 464 g/mol. The smallest absolute Gasteiger partial charge is 0.859 e. The average Bonchev–Trinajstić information content (AvgIpc) is 2.38. The van der Waals surface area contributed by atoms with Gasteiger partial charge in [-0.05, 0) is 24.3 Å². The zero-order valence-electron chi connectivity index (χ0n) is 12.5. The summed E-state index contributed by atoms with van der Waals surface area (Å²) < 4.78 is 0. The summed E-state index contributed by atoms with van der Waals surface area (Å²) in [4.78, 5) is 10.2. The maximum Gasteiger partial charge on any atom is 1.00 e. The molecule has 0 spiro atoms. The van der Waals surface area contributed by atoms with Crippen LogP contribution in [0.3, 0.4) is 0 Å². The fourth-order valence-corrected chi connectivity index (χ4v) is 3.26. The van der Waals surface area contributed by atoms with Crippen LogP contribution in [0.1, 0.15) is 0 Å². The first-order chi connectivity index (χ1) is 8.88. The Balaban J connectivity index is 0.000000526. The van der Waals surface area contributed by atoms with E-state index in [1.807, 2.05) is 0 Å². The van der Waals surface area contributed by atoms with E-state index in [1.165, 1.54) is 10.6 Å². The van der Waals surface area contributed by atoms with Crippen molar-refractivity contribution >= 4 is 26.8 Å². The van der Waals surface area contributed by atoms with Gasteiger partial charge in [0.25, 0.3) is 0 Å². The van der Waals surface area contributed by atoms with E-state index in [4.69, 9.17) is 0 Å². The van der Waals surface area contributed by atoms with Gasteiger partial charge in [0.2, 0.25) is 0 Å². The van der Waals surface area contributed by atoms with Crippen LogP contribution in [0.25, 0.3) is 0 Å². The summed E-state index contributed by atoms with van der Waals surface area (Å²) in [6.07, 6.45) is 0. The van der Waals surface area contributed by atoms with Gasteiger partial charge < -0.3 is 4.80 Å². The Morgan fingerprint density at radius 1 is 0.750 bits per heavy atom. The third-order valence-corrected chi connectivity index (χ3v) is 4.81. The Morgan fingerprint density at radius 2 is 1.00 bits per heavy atom. The molecule has 20 heavy (non-hydrogen) atoms. The van der Waals surface area contributed by atoms with Gasteiger partial charge in [0.1, 0.15) is 0 Å². The molecule has 0 aliphatic heterocycles. The Kier molecular flexibility index (Phi) is 9.57. The van der Waals surface area contributed by atoms with Gasteiger partial charge in [-0.1, -0.05) is 64.4 Å². The standard InChI is InChI=1S/C13H13P.C3H9OSi.Au/c1-14(12-8-4-2-5-9-12)13-10-6-3-7-11-13;1-5(2,3)4;/h2-11H,1H3;1-3H3;/q;-1;+1/p+1. The molecule has 0 heterocycles. The quantitative estimate of drug-likeness (QED) is 0.472. The van der Waals surface area contributed by atoms with E-state index in [1.54, 1.807) is 19.6 Å². The molecule has 0 amide bonds. The first-order valence-corrected chi connectivity index (χ1v) is 11.9. The van der Waals surface area contributed by atoms with Crippen molar-refractivity contribution < 1.29 is 27.2 Å². The van der Waals surface area contributed by atoms with Crippen molar-refractivity contribution in [3.63, 3.8) is 0 Å². The minimum atomic E-state index is -1.86. The second kappa shape index (κ2) is 9.67. The van der Waals surface area contributed by atoms with E-state index in [2.05, 4.69) is 67.3 Å². The average molecular weight is 487 g/mol. The summed E-state index contributed by atoms with van der Waals surface area (Å²) >= 11 is 0. The summed E-state index contributed by atoms with van der Waals surface area (Å²) in [5, 5.41) is 2.95. The molecule has 0 saturated carbocycles. The van der Waals surface area contributed by atoms with Gasteiger partial charge in [0.05, 0.1) is 25.2 Å². The van der Waals surface area contributed by atoms with Crippen molar-refractivity contribution in [2.75, 3.05) is 6.66 Å². The van der Waals surface area contributed by atoms with Crippen LogP contribution in [0.5, 0.6) is 0 Å². The Bertz CT molecular complexity index is 425. The van der Waals surface area contributed by atoms with Crippen LogP contribution in [-0.4, -0.2) is 15.0 Å². The van der Waals surface area contributed by atoms with Crippen LogP contribution in [0.15, 0.2) is 60.7 Å². The maximum absolute atomic E-state index is 10.2. The van der Waals surface area contributed by atoms with Gasteiger partial charge in [-0.3, -0.25) is 0 Å². The summed E-state index contributed by atoms with van der Waals surface area (Å²) in [7, 11) is -2.41. The van der Waals surface area contributed by atoms with E-state index in [-0.39, 0.29) is 22.4 Å². The van der Waals surface area contributed by atoms with E-state index in [0.29, 0.717) is 0 Å². The van der Waals surface area contributed by atoms with Crippen molar-refractivity contribution in [1.82, 2.24) is 0 Å². The van der Waals surface area contributed by atoms with Gasteiger partial charge in [-0.15, -0.1) is 0 Å². The molecule has 0 saturated heterocycles. The minimum absolute atomic E-state index is 0. The largest absolute Gasteiger partial charge is 1.00 e. The molecule has 0 bridgehead atoms. The number of hydrogen-bond acceptors (Lipinski definition) is 1. The zero-order chi connectivity index (χ0) is 14.3. The van der Waals surface area contributed by atoms with Crippen LogP contribution in [0, 0.1) is 0 Å². The molecule has 0 atom stereocenters. The molecule has 0 fully saturated rings. The Morgan fingerprint density at radius 3 is 1.25 bits per heavy atom. The van der Waals surface area contributed by atoms with Crippen molar-refractivity contribution in [1.29, 1.82) is 0 Å². The fourth-order valence-electron chi connectivity index (χ4n) is 1.54.